The zero-order valence-electron chi connectivity index (χ0n) is 11.2. The molecular weight excluding hydrogens is 252 g/mol. The average molecular weight is 268 g/mol. The molecule has 0 aliphatic rings. The number of pyridine rings is 1. The third kappa shape index (κ3) is 2.62. The van der Waals surface area contributed by atoms with E-state index in [1.54, 1.807) is 12.4 Å². The van der Waals surface area contributed by atoms with Gasteiger partial charge in [-0.2, -0.15) is 0 Å². The van der Waals surface area contributed by atoms with Gasteiger partial charge >= 0.3 is 5.69 Å². The normalized spacial score (nSPS) is 12.7. The van der Waals surface area contributed by atoms with Gasteiger partial charge in [0.1, 0.15) is 0 Å². The minimum atomic E-state index is -0.172. The fourth-order valence-electron chi connectivity index (χ4n) is 2.21. The lowest BCUT2D eigenvalue weighted by Crippen LogP contribution is -2.18. The summed E-state index contributed by atoms with van der Waals surface area (Å²) in [4.78, 5) is 20.8. The molecule has 1 aromatic carbocycles. The number of nitrogens with one attached hydrogen (secondary N) is 3. The van der Waals surface area contributed by atoms with Crippen molar-refractivity contribution >= 4 is 11.0 Å². The standard InChI is InChI=1S/C15H16N4O/c1-10(17-9-11-4-6-16-7-5-11)12-2-3-13-14(8-12)19-15(20)18-13/h2-8,10,17H,9H2,1H3,(H2,18,19,20). The molecule has 2 heterocycles. The molecule has 0 aliphatic carbocycles. The van der Waals surface area contributed by atoms with Crippen molar-refractivity contribution in [2.75, 3.05) is 0 Å². The van der Waals surface area contributed by atoms with Crippen molar-refractivity contribution in [2.45, 2.75) is 19.5 Å². The Morgan fingerprint density at radius 2 is 1.90 bits per heavy atom. The molecule has 102 valence electrons. The lowest BCUT2D eigenvalue weighted by Gasteiger charge is -2.14. The third-order valence-electron chi connectivity index (χ3n) is 3.40. The first-order chi connectivity index (χ1) is 9.72. The van der Waals surface area contributed by atoms with E-state index in [1.165, 1.54) is 5.56 Å². The van der Waals surface area contributed by atoms with Gasteiger partial charge in [-0.3, -0.25) is 4.98 Å². The van der Waals surface area contributed by atoms with Crippen LogP contribution >= 0.6 is 0 Å². The van der Waals surface area contributed by atoms with Gasteiger partial charge in [-0.25, -0.2) is 4.79 Å². The number of benzene rings is 1. The second kappa shape index (κ2) is 5.30. The summed E-state index contributed by atoms with van der Waals surface area (Å²) in [7, 11) is 0. The van der Waals surface area contributed by atoms with E-state index < -0.39 is 0 Å². The second-order valence-corrected chi connectivity index (χ2v) is 4.84. The van der Waals surface area contributed by atoms with Gasteiger partial charge in [0.05, 0.1) is 11.0 Å². The highest BCUT2D eigenvalue weighted by Gasteiger charge is 2.07. The van der Waals surface area contributed by atoms with Gasteiger partial charge in [0, 0.05) is 25.0 Å². The van der Waals surface area contributed by atoms with Crippen LogP contribution in [0.25, 0.3) is 11.0 Å². The first kappa shape index (κ1) is 12.6. The lowest BCUT2D eigenvalue weighted by molar-refractivity contribution is 0.575. The molecule has 3 aromatic rings. The van der Waals surface area contributed by atoms with E-state index in [9.17, 15) is 4.79 Å². The van der Waals surface area contributed by atoms with Crippen LogP contribution in [0.2, 0.25) is 0 Å². The molecule has 5 nitrogen and oxygen atoms in total. The summed E-state index contributed by atoms with van der Waals surface area (Å²) in [5.41, 5.74) is 3.84. The van der Waals surface area contributed by atoms with E-state index >= 15 is 0 Å². The Balaban J connectivity index is 1.74. The van der Waals surface area contributed by atoms with Crippen molar-refractivity contribution in [1.82, 2.24) is 20.3 Å². The third-order valence-corrected chi connectivity index (χ3v) is 3.40. The Kier molecular flexibility index (Phi) is 3.35. The van der Waals surface area contributed by atoms with E-state index in [2.05, 4.69) is 27.2 Å². The van der Waals surface area contributed by atoms with Crippen LogP contribution in [-0.2, 0) is 6.54 Å². The minimum absolute atomic E-state index is 0.172. The van der Waals surface area contributed by atoms with E-state index in [0.29, 0.717) is 0 Å². The highest BCUT2D eigenvalue weighted by molar-refractivity contribution is 5.75. The summed E-state index contributed by atoms with van der Waals surface area (Å²) < 4.78 is 0. The van der Waals surface area contributed by atoms with E-state index in [-0.39, 0.29) is 11.7 Å². The van der Waals surface area contributed by atoms with Crippen LogP contribution in [0.3, 0.4) is 0 Å². The summed E-state index contributed by atoms with van der Waals surface area (Å²) in [6.45, 7) is 2.89. The zero-order chi connectivity index (χ0) is 13.9. The van der Waals surface area contributed by atoms with E-state index in [4.69, 9.17) is 0 Å². The summed E-state index contributed by atoms with van der Waals surface area (Å²) >= 11 is 0. The smallest absolute Gasteiger partial charge is 0.306 e. The summed E-state index contributed by atoms with van der Waals surface area (Å²) in [5, 5.41) is 3.46. The first-order valence-electron chi connectivity index (χ1n) is 6.56. The van der Waals surface area contributed by atoms with Crippen molar-refractivity contribution in [3.8, 4) is 0 Å². The molecule has 0 fully saturated rings. The predicted octanol–water partition coefficient (Wildman–Crippen LogP) is 2.10. The summed E-state index contributed by atoms with van der Waals surface area (Å²) in [6.07, 6.45) is 3.58. The van der Waals surface area contributed by atoms with Crippen LogP contribution in [0.5, 0.6) is 0 Å². The number of aromatic nitrogens is 3. The number of nitrogens with zero attached hydrogens (tertiary/aromatic N) is 1. The molecule has 0 saturated heterocycles. The lowest BCUT2D eigenvalue weighted by atomic mass is 10.1. The number of aromatic amines is 2. The molecule has 0 aliphatic heterocycles. The van der Waals surface area contributed by atoms with Crippen molar-refractivity contribution in [3.63, 3.8) is 0 Å². The van der Waals surface area contributed by atoms with Gasteiger partial charge in [-0.15, -0.1) is 0 Å². The summed E-state index contributed by atoms with van der Waals surface area (Å²) in [5.74, 6) is 0. The Labute approximate surface area is 116 Å². The largest absolute Gasteiger partial charge is 0.323 e. The molecule has 0 bridgehead atoms. The van der Waals surface area contributed by atoms with E-state index in [1.807, 2.05) is 30.3 Å². The SMILES string of the molecule is CC(NCc1ccncc1)c1ccc2[nH]c(=O)[nH]c2c1. The molecule has 20 heavy (non-hydrogen) atoms. The van der Waals surface area contributed by atoms with Crippen LogP contribution in [0.15, 0.2) is 47.5 Å². The fraction of sp³-hybridized carbons (Fsp3) is 0.200. The number of hydrogen-bond acceptors (Lipinski definition) is 3. The molecular formula is C15H16N4O. The first-order valence-corrected chi connectivity index (χ1v) is 6.56. The molecule has 1 unspecified atom stereocenters. The van der Waals surface area contributed by atoms with Crippen LogP contribution in [0.1, 0.15) is 24.1 Å². The summed E-state index contributed by atoms with van der Waals surface area (Å²) in [6, 6.07) is 10.1. The number of imidazole rings is 1. The van der Waals surface area contributed by atoms with Crippen molar-refractivity contribution < 1.29 is 0 Å². The van der Waals surface area contributed by atoms with Crippen LogP contribution in [0.4, 0.5) is 0 Å². The Bertz CT molecular complexity index is 760. The molecule has 0 spiro atoms. The van der Waals surface area contributed by atoms with Gasteiger partial charge < -0.3 is 15.3 Å². The monoisotopic (exact) mass is 268 g/mol. The van der Waals surface area contributed by atoms with Gasteiger partial charge in [0.2, 0.25) is 0 Å². The van der Waals surface area contributed by atoms with Crippen molar-refractivity contribution in [2.24, 2.45) is 0 Å². The van der Waals surface area contributed by atoms with Crippen LogP contribution in [0, 0.1) is 0 Å². The molecule has 3 rings (SSSR count). The Hall–Kier alpha value is -2.40. The van der Waals surface area contributed by atoms with Crippen molar-refractivity contribution in [3.05, 3.63) is 64.3 Å². The molecule has 0 saturated carbocycles. The quantitative estimate of drug-likeness (QED) is 0.678. The van der Waals surface area contributed by atoms with Gasteiger partial charge in [-0.05, 0) is 42.3 Å². The number of hydrogen-bond donors (Lipinski definition) is 3. The second-order valence-electron chi connectivity index (χ2n) is 4.84. The molecule has 1 atom stereocenters. The van der Waals surface area contributed by atoms with Gasteiger partial charge in [0.15, 0.2) is 0 Å². The average Bonchev–Trinajstić information content (AvgIpc) is 2.85. The minimum Gasteiger partial charge on any atom is -0.306 e. The Morgan fingerprint density at radius 3 is 2.70 bits per heavy atom. The molecule has 2 aromatic heterocycles. The molecule has 0 radical (unpaired) electrons. The number of H-pyrrole nitrogens is 2. The highest BCUT2D eigenvalue weighted by atomic mass is 16.1. The maximum atomic E-state index is 11.2. The number of fused-ring (bicyclic) bond motifs is 1. The van der Waals surface area contributed by atoms with Gasteiger partial charge in [-0.1, -0.05) is 6.07 Å². The van der Waals surface area contributed by atoms with Crippen LogP contribution in [-0.4, -0.2) is 15.0 Å². The molecule has 0 amide bonds. The topological polar surface area (TPSA) is 73.6 Å². The highest BCUT2D eigenvalue weighted by Crippen LogP contribution is 2.17. The molecule has 3 N–H and O–H groups in total. The predicted molar refractivity (Wildman–Crippen MR) is 78.4 cm³/mol. The maximum absolute atomic E-state index is 11.2. The molecule has 5 heteroatoms. The van der Waals surface area contributed by atoms with E-state index in [0.717, 1.165) is 23.1 Å². The maximum Gasteiger partial charge on any atom is 0.323 e. The fourth-order valence-corrected chi connectivity index (χ4v) is 2.21. The van der Waals surface area contributed by atoms with Crippen molar-refractivity contribution in [1.29, 1.82) is 0 Å². The Morgan fingerprint density at radius 1 is 1.15 bits per heavy atom. The number of rotatable bonds is 4. The van der Waals surface area contributed by atoms with Crippen LogP contribution < -0.4 is 11.0 Å². The van der Waals surface area contributed by atoms with Gasteiger partial charge in [0.25, 0.3) is 0 Å². The zero-order valence-corrected chi connectivity index (χ0v) is 11.2.